The van der Waals surface area contributed by atoms with Crippen LogP contribution in [0.2, 0.25) is 0 Å². The zero-order chi connectivity index (χ0) is 29.3. The minimum Gasteiger partial charge on any atom is -0.354 e. The first-order valence-corrected chi connectivity index (χ1v) is 16.0. The third-order valence-corrected chi connectivity index (χ3v) is 8.14. The molecular weight excluding hydrogens is 590 g/mol. The second kappa shape index (κ2) is 14.5. The van der Waals surface area contributed by atoms with Crippen molar-refractivity contribution in [3.8, 4) is 0 Å². The lowest BCUT2D eigenvalue weighted by atomic mass is 10.0. The Kier molecular flexibility index (Phi) is 11.3. The number of halogens is 1. The van der Waals surface area contributed by atoms with Crippen LogP contribution in [0.25, 0.3) is 0 Å². The van der Waals surface area contributed by atoms with Gasteiger partial charge in [-0.15, -0.1) is 0 Å². The van der Waals surface area contributed by atoms with Gasteiger partial charge in [-0.25, -0.2) is 8.42 Å². The van der Waals surface area contributed by atoms with E-state index in [1.54, 1.807) is 12.1 Å². The number of benzene rings is 3. The summed E-state index contributed by atoms with van der Waals surface area (Å²) in [6, 6.07) is 23.3. The van der Waals surface area contributed by atoms with Gasteiger partial charge in [0.05, 0.1) is 11.9 Å². The van der Waals surface area contributed by atoms with Gasteiger partial charge in [-0.3, -0.25) is 13.9 Å². The Bertz CT molecular complexity index is 1380. The van der Waals surface area contributed by atoms with Crippen molar-refractivity contribution in [2.45, 2.75) is 46.2 Å². The largest absolute Gasteiger partial charge is 0.354 e. The summed E-state index contributed by atoms with van der Waals surface area (Å²) < 4.78 is 27.7. The van der Waals surface area contributed by atoms with Gasteiger partial charge in [0.25, 0.3) is 0 Å². The molecule has 3 rings (SSSR count). The highest BCUT2D eigenvalue weighted by Gasteiger charge is 2.33. The summed E-state index contributed by atoms with van der Waals surface area (Å²) in [7, 11) is -3.79. The van der Waals surface area contributed by atoms with Crippen molar-refractivity contribution in [3.05, 3.63) is 100 Å². The number of carbonyl (C=O) groups is 2. The van der Waals surface area contributed by atoms with E-state index in [4.69, 9.17) is 0 Å². The molecule has 0 aliphatic heterocycles. The molecule has 0 saturated heterocycles. The number of anilines is 1. The maximum atomic E-state index is 14.1. The van der Waals surface area contributed by atoms with E-state index in [9.17, 15) is 18.0 Å². The van der Waals surface area contributed by atoms with Gasteiger partial charge in [0.2, 0.25) is 21.8 Å². The third kappa shape index (κ3) is 9.20. The van der Waals surface area contributed by atoms with Crippen molar-refractivity contribution in [1.82, 2.24) is 10.2 Å². The number of rotatable bonds is 13. The van der Waals surface area contributed by atoms with E-state index in [2.05, 4.69) is 21.2 Å². The van der Waals surface area contributed by atoms with Gasteiger partial charge in [-0.1, -0.05) is 91.3 Å². The monoisotopic (exact) mass is 627 g/mol. The lowest BCUT2D eigenvalue weighted by molar-refractivity contribution is -0.140. The van der Waals surface area contributed by atoms with Gasteiger partial charge in [0.15, 0.2) is 0 Å². The molecule has 0 aromatic heterocycles. The van der Waals surface area contributed by atoms with E-state index in [0.29, 0.717) is 12.2 Å². The molecule has 0 aliphatic carbocycles. The topological polar surface area (TPSA) is 86.8 Å². The highest BCUT2D eigenvalue weighted by Crippen LogP contribution is 2.22. The van der Waals surface area contributed by atoms with E-state index < -0.39 is 28.5 Å². The Hall–Kier alpha value is -3.17. The summed E-state index contributed by atoms with van der Waals surface area (Å²) in [6.07, 6.45) is 2.18. The summed E-state index contributed by atoms with van der Waals surface area (Å²) in [5.41, 5.74) is 3.17. The van der Waals surface area contributed by atoms with Gasteiger partial charge >= 0.3 is 0 Å². The Morgan fingerprint density at radius 2 is 1.55 bits per heavy atom. The van der Waals surface area contributed by atoms with Crippen LogP contribution in [0.3, 0.4) is 0 Å². The van der Waals surface area contributed by atoms with Gasteiger partial charge in [0, 0.05) is 24.0 Å². The van der Waals surface area contributed by atoms with E-state index in [1.807, 2.05) is 87.5 Å². The number of sulfonamides is 1. The lowest BCUT2D eigenvalue weighted by Gasteiger charge is -2.33. The summed E-state index contributed by atoms with van der Waals surface area (Å²) in [6.45, 7) is 6.19. The number of aryl methyl sites for hydroxylation is 1. The molecular formula is C31H38BrN3O4S. The first-order valence-electron chi connectivity index (χ1n) is 13.4. The molecule has 0 unspecified atom stereocenters. The fourth-order valence-electron chi connectivity index (χ4n) is 4.32. The molecule has 0 heterocycles. The third-order valence-electron chi connectivity index (χ3n) is 6.51. The number of carbonyl (C=O) groups excluding carboxylic acids is 2. The lowest BCUT2D eigenvalue weighted by Crippen LogP contribution is -2.53. The van der Waals surface area contributed by atoms with Crippen LogP contribution in [0.1, 0.15) is 37.5 Å². The first kappa shape index (κ1) is 31.4. The molecule has 9 heteroatoms. The standard InChI is InChI=1S/C31H38BrN3O4S/c1-5-24-14-16-28(17-15-24)35(40(4,38)39)22-30(36)34(21-26-12-9-13-27(32)18-26)29(31(37)33-20-23(2)3)19-25-10-7-6-8-11-25/h6-18,23,29H,5,19-22H2,1-4H3,(H,33,37)/t29-/m1/s1. The normalized spacial score (nSPS) is 12.2. The number of hydrogen-bond donors (Lipinski definition) is 1. The van der Waals surface area contributed by atoms with Crippen molar-refractivity contribution in [3.63, 3.8) is 0 Å². The maximum absolute atomic E-state index is 14.1. The Morgan fingerprint density at radius 3 is 2.12 bits per heavy atom. The number of nitrogens with zero attached hydrogens (tertiary/aromatic N) is 2. The van der Waals surface area contributed by atoms with Crippen molar-refractivity contribution in [1.29, 1.82) is 0 Å². The summed E-state index contributed by atoms with van der Waals surface area (Å²) in [5.74, 6) is -0.521. The van der Waals surface area contributed by atoms with E-state index in [1.165, 1.54) is 4.90 Å². The van der Waals surface area contributed by atoms with Gasteiger partial charge in [-0.2, -0.15) is 0 Å². The van der Waals surface area contributed by atoms with Crippen LogP contribution in [0.5, 0.6) is 0 Å². The molecule has 214 valence electrons. The molecule has 40 heavy (non-hydrogen) atoms. The zero-order valence-electron chi connectivity index (χ0n) is 23.5. The van der Waals surface area contributed by atoms with E-state index in [0.717, 1.165) is 38.1 Å². The minimum absolute atomic E-state index is 0.136. The Balaban J connectivity index is 2.03. The molecule has 1 N–H and O–H groups in total. The molecule has 3 aromatic carbocycles. The first-order chi connectivity index (χ1) is 19.0. The predicted molar refractivity (Wildman–Crippen MR) is 164 cm³/mol. The van der Waals surface area contributed by atoms with Crippen LogP contribution >= 0.6 is 15.9 Å². The van der Waals surface area contributed by atoms with Crippen LogP contribution < -0.4 is 9.62 Å². The SMILES string of the molecule is CCc1ccc(N(CC(=O)N(Cc2cccc(Br)c2)[C@H](Cc2ccccc2)C(=O)NCC(C)C)S(C)(=O)=O)cc1. The van der Waals surface area contributed by atoms with Crippen LogP contribution in [-0.4, -0.2) is 50.5 Å². The average molecular weight is 629 g/mol. The average Bonchev–Trinajstić information content (AvgIpc) is 2.92. The molecule has 2 amide bonds. The molecule has 0 aliphatic rings. The van der Waals surface area contributed by atoms with Crippen molar-refractivity contribution < 1.29 is 18.0 Å². The minimum atomic E-state index is -3.79. The van der Waals surface area contributed by atoms with Crippen LogP contribution in [0.15, 0.2) is 83.3 Å². The van der Waals surface area contributed by atoms with Crippen molar-refractivity contribution in [2.24, 2.45) is 5.92 Å². The zero-order valence-corrected chi connectivity index (χ0v) is 25.9. The quantitative estimate of drug-likeness (QED) is 0.283. The van der Waals surface area contributed by atoms with Crippen LogP contribution in [0.4, 0.5) is 5.69 Å². The van der Waals surface area contributed by atoms with Crippen LogP contribution in [0, 0.1) is 5.92 Å². The summed E-state index contributed by atoms with van der Waals surface area (Å²) >= 11 is 3.49. The van der Waals surface area contributed by atoms with E-state index in [-0.39, 0.29) is 24.8 Å². The molecule has 0 bridgehead atoms. The molecule has 3 aromatic rings. The molecule has 0 radical (unpaired) electrons. The smallest absolute Gasteiger partial charge is 0.244 e. The molecule has 7 nitrogen and oxygen atoms in total. The number of amides is 2. The fourth-order valence-corrected chi connectivity index (χ4v) is 5.62. The number of nitrogens with one attached hydrogen (secondary N) is 1. The van der Waals surface area contributed by atoms with Crippen molar-refractivity contribution in [2.75, 3.05) is 23.7 Å². The van der Waals surface area contributed by atoms with Crippen LogP contribution in [-0.2, 0) is 39.0 Å². The molecule has 1 atom stereocenters. The maximum Gasteiger partial charge on any atom is 0.244 e. The Morgan fingerprint density at radius 1 is 0.900 bits per heavy atom. The van der Waals surface area contributed by atoms with Gasteiger partial charge in [0.1, 0.15) is 12.6 Å². The molecule has 0 saturated carbocycles. The highest BCUT2D eigenvalue weighted by atomic mass is 79.9. The van der Waals surface area contributed by atoms with Crippen molar-refractivity contribution >= 4 is 43.5 Å². The van der Waals surface area contributed by atoms with Gasteiger partial charge < -0.3 is 10.2 Å². The fraction of sp³-hybridized carbons (Fsp3) is 0.355. The molecule has 0 fully saturated rings. The molecule has 0 spiro atoms. The Labute approximate surface area is 246 Å². The summed E-state index contributed by atoms with van der Waals surface area (Å²) in [4.78, 5) is 29.2. The second-order valence-electron chi connectivity index (χ2n) is 10.3. The van der Waals surface area contributed by atoms with Gasteiger partial charge in [-0.05, 0) is 53.3 Å². The number of hydrogen-bond acceptors (Lipinski definition) is 4. The van der Waals surface area contributed by atoms with E-state index >= 15 is 0 Å². The second-order valence-corrected chi connectivity index (χ2v) is 13.1. The predicted octanol–water partition coefficient (Wildman–Crippen LogP) is 5.19. The highest BCUT2D eigenvalue weighted by molar-refractivity contribution is 9.10. The summed E-state index contributed by atoms with van der Waals surface area (Å²) in [5, 5.41) is 2.99.